The van der Waals surface area contributed by atoms with Crippen LogP contribution in [-0.2, 0) is 11.3 Å². The third-order valence-corrected chi connectivity index (χ3v) is 3.95. The Balaban J connectivity index is 1.73. The minimum Gasteiger partial charge on any atom is -0.350 e. The molecule has 0 radical (unpaired) electrons. The second-order valence-electron chi connectivity index (χ2n) is 5.71. The zero-order chi connectivity index (χ0) is 14.4. The van der Waals surface area contributed by atoms with Gasteiger partial charge in [0.1, 0.15) is 0 Å². The number of hydrogen-bond donors (Lipinski definition) is 2. The Morgan fingerprint density at radius 2 is 2.35 bits per heavy atom. The maximum absolute atomic E-state index is 12.0. The molecule has 20 heavy (non-hydrogen) atoms. The van der Waals surface area contributed by atoms with Gasteiger partial charge in [-0.1, -0.05) is 6.92 Å². The van der Waals surface area contributed by atoms with Crippen LogP contribution in [0.2, 0.25) is 0 Å². The molecule has 0 aliphatic carbocycles. The molecular weight excluding hydrogens is 252 g/mol. The van der Waals surface area contributed by atoms with E-state index in [9.17, 15) is 4.79 Å². The number of aryl methyl sites for hydroxylation is 1. The van der Waals surface area contributed by atoms with Gasteiger partial charge in [0.2, 0.25) is 5.91 Å². The van der Waals surface area contributed by atoms with Crippen LogP contribution in [0.25, 0.3) is 0 Å². The minimum absolute atomic E-state index is 0.102. The quantitative estimate of drug-likeness (QED) is 0.853. The summed E-state index contributed by atoms with van der Waals surface area (Å²) in [4.78, 5) is 20.4. The smallest absolute Gasteiger partial charge is 0.220 e. The molecule has 1 aliphatic heterocycles. The predicted octanol–water partition coefficient (Wildman–Crippen LogP) is 1.43. The van der Waals surface area contributed by atoms with E-state index in [-0.39, 0.29) is 5.91 Å². The monoisotopic (exact) mass is 276 g/mol. The van der Waals surface area contributed by atoms with Crippen LogP contribution in [0.5, 0.6) is 0 Å². The molecule has 2 rings (SSSR count). The van der Waals surface area contributed by atoms with Crippen LogP contribution >= 0.6 is 0 Å². The summed E-state index contributed by atoms with van der Waals surface area (Å²) in [6, 6.07) is 0. The fourth-order valence-electron chi connectivity index (χ4n) is 2.60. The number of amides is 1. The van der Waals surface area contributed by atoms with E-state index in [1.165, 1.54) is 12.8 Å². The molecule has 110 valence electrons. The fourth-order valence-corrected chi connectivity index (χ4v) is 2.60. The maximum atomic E-state index is 12.0. The van der Waals surface area contributed by atoms with Gasteiger partial charge in [-0.2, -0.15) is 0 Å². The van der Waals surface area contributed by atoms with Gasteiger partial charge in [-0.15, -0.1) is 0 Å². The highest BCUT2D eigenvalue weighted by Gasteiger charge is 2.21. The van der Waals surface area contributed by atoms with E-state index in [1.807, 2.05) is 6.92 Å². The van der Waals surface area contributed by atoms with Crippen LogP contribution in [0, 0.1) is 18.8 Å². The van der Waals surface area contributed by atoms with Crippen LogP contribution in [-0.4, -0.2) is 29.0 Å². The summed E-state index contributed by atoms with van der Waals surface area (Å²) >= 11 is 0. The molecule has 5 heteroatoms. The van der Waals surface area contributed by atoms with Crippen molar-refractivity contribution in [3.8, 4) is 0 Å². The summed E-state index contributed by atoms with van der Waals surface area (Å²) in [5, 5.41) is 6.33. The van der Waals surface area contributed by atoms with E-state index < -0.39 is 0 Å². The van der Waals surface area contributed by atoms with Gasteiger partial charge in [0.05, 0.1) is 24.1 Å². The van der Waals surface area contributed by atoms with Gasteiger partial charge in [-0.3, -0.25) is 14.8 Å². The molecular formula is C15H24N4O. The number of aromatic nitrogens is 2. The molecule has 1 aliphatic rings. The van der Waals surface area contributed by atoms with E-state index in [0.29, 0.717) is 24.8 Å². The van der Waals surface area contributed by atoms with Gasteiger partial charge in [0, 0.05) is 12.6 Å². The number of nitrogens with zero attached hydrogens (tertiary/aromatic N) is 2. The van der Waals surface area contributed by atoms with Gasteiger partial charge in [0.25, 0.3) is 0 Å². The van der Waals surface area contributed by atoms with E-state index in [4.69, 9.17) is 0 Å². The van der Waals surface area contributed by atoms with Crippen molar-refractivity contribution in [1.82, 2.24) is 20.6 Å². The largest absolute Gasteiger partial charge is 0.350 e. The van der Waals surface area contributed by atoms with Crippen molar-refractivity contribution in [1.29, 1.82) is 0 Å². The number of hydrogen-bond acceptors (Lipinski definition) is 4. The molecule has 1 fully saturated rings. The van der Waals surface area contributed by atoms with Crippen molar-refractivity contribution in [2.24, 2.45) is 11.8 Å². The SMILES string of the molecule is Cc1cnc(CNC(=O)CC(C)C2CCCNC2)cn1. The summed E-state index contributed by atoms with van der Waals surface area (Å²) in [5.74, 6) is 1.14. The Hall–Kier alpha value is -1.49. The molecule has 1 aromatic rings. The highest BCUT2D eigenvalue weighted by atomic mass is 16.1. The maximum Gasteiger partial charge on any atom is 0.220 e. The number of carbonyl (C=O) groups excluding carboxylic acids is 1. The summed E-state index contributed by atoms with van der Waals surface area (Å²) in [6.07, 6.45) is 6.47. The summed E-state index contributed by atoms with van der Waals surface area (Å²) in [7, 11) is 0. The van der Waals surface area contributed by atoms with Crippen molar-refractivity contribution in [3.63, 3.8) is 0 Å². The lowest BCUT2D eigenvalue weighted by molar-refractivity contribution is -0.122. The van der Waals surface area contributed by atoms with Crippen LogP contribution in [0.1, 0.15) is 37.6 Å². The first-order chi connectivity index (χ1) is 9.65. The Morgan fingerprint density at radius 1 is 1.50 bits per heavy atom. The lowest BCUT2D eigenvalue weighted by atomic mass is 9.85. The van der Waals surface area contributed by atoms with E-state index in [1.54, 1.807) is 12.4 Å². The molecule has 2 unspecified atom stereocenters. The van der Waals surface area contributed by atoms with Crippen molar-refractivity contribution in [2.45, 2.75) is 39.7 Å². The third kappa shape index (κ3) is 4.56. The van der Waals surface area contributed by atoms with Gasteiger partial charge in [0.15, 0.2) is 0 Å². The molecule has 5 nitrogen and oxygen atoms in total. The van der Waals surface area contributed by atoms with E-state index in [0.717, 1.165) is 24.5 Å². The highest BCUT2D eigenvalue weighted by Crippen LogP contribution is 2.22. The standard InChI is InChI=1S/C15H24N4O/c1-11(13-4-3-5-16-8-13)6-15(20)19-10-14-9-17-12(2)7-18-14/h7,9,11,13,16H,3-6,8,10H2,1-2H3,(H,19,20). The Bertz CT molecular complexity index is 426. The Morgan fingerprint density at radius 3 is 3.00 bits per heavy atom. The minimum atomic E-state index is 0.102. The van der Waals surface area contributed by atoms with Crippen molar-refractivity contribution < 1.29 is 4.79 Å². The zero-order valence-corrected chi connectivity index (χ0v) is 12.4. The molecule has 2 N–H and O–H groups in total. The molecule has 0 bridgehead atoms. The molecule has 0 saturated carbocycles. The molecule has 1 amide bonds. The third-order valence-electron chi connectivity index (χ3n) is 3.95. The normalized spacial score (nSPS) is 20.4. The zero-order valence-electron chi connectivity index (χ0n) is 12.4. The van der Waals surface area contributed by atoms with Crippen LogP contribution in [0.15, 0.2) is 12.4 Å². The van der Waals surface area contributed by atoms with E-state index in [2.05, 4.69) is 27.5 Å². The summed E-state index contributed by atoms with van der Waals surface area (Å²) in [5.41, 5.74) is 1.69. The molecule has 1 saturated heterocycles. The lowest BCUT2D eigenvalue weighted by Gasteiger charge is -2.28. The average Bonchev–Trinajstić information content (AvgIpc) is 2.47. The van der Waals surface area contributed by atoms with Crippen LogP contribution in [0.4, 0.5) is 0 Å². The van der Waals surface area contributed by atoms with Crippen molar-refractivity contribution in [3.05, 3.63) is 23.8 Å². The summed E-state index contributed by atoms with van der Waals surface area (Å²) < 4.78 is 0. The number of piperidine rings is 1. The average molecular weight is 276 g/mol. The molecule has 0 spiro atoms. The molecule has 0 aromatic carbocycles. The number of carbonyl (C=O) groups is 1. The van der Waals surface area contributed by atoms with Gasteiger partial charge < -0.3 is 10.6 Å². The van der Waals surface area contributed by atoms with Crippen molar-refractivity contribution >= 4 is 5.91 Å². The first-order valence-corrected chi connectivity index (χ1v) is 7.40. The number of nitrogens with one attached hydrogen (secondary N) is 2. The molecule has 2 atom stereocenters. The van der Waals surface area contributed by atoms with Gasteiger partial charge in [-0.25, -0.2) is 0 Å². The molecule has 1 aromatic heterocycles. The first kappa shape index (κ1) is 14.9. The first-order valence-electron chi connectivity index (χ1n) is 7.40. The second kappa shape index (κ2) is 7.33. The van der Waals surface area contributed by atoms with Gasteiger partial charge >= 0.3 is 0 Å². The van der Waals surface area contributed by atoms with E-state index >= 15 is 0 Å². The Kier molecular flexibility index (Phi) is 5.47. The van der Waals surface area contributed by atoms with Crippen LogP contribution in [0.3, 0.4) is 0 Å². The Labute approximate surface area is 120 Å². The topological polar surface area (TPSA) is 66.9 Å². The number of rotatable bonds is 5. The highest BCUT2D eigenvalue weighted by molar-refractivity contribution is 5.76. The summed E-state index contributed by atoms with van der Waals surface area (Å²) in [6.45, 7) is 6.68. The van der Waals surface area contributed by atoms with Gasteiger partial charge in [-0.05, 0) is 44.7 Å². The lowest BCUT2D eigenvalue weighted by Crippen LogP contribution is -2.35. The molecule has 2 heterocycles. The fraction of sp³-hybridized carbons (Fsp3) is 0.667. The predicted molar refractivity (Wildman–Crippen MR) is 78.0 cm³/mol. The van der Waals surface area contributed by atoms with Crippen molar-refractivity contribution in [2.75, 3.05) is 13.1 Å². The van der Waals surface area contributed by atoms with Crippen LogP contribution < -0.4 is 10.6 Å². The second-order valence-corrected chi connectivity index (χ2v) is 5.71.